The Kier molecular flexibility index (Phi) is 7.96. The van der Waals surface area contributed by atoms with Gasteiger partial charge in [0, 0.05) is 19.3 Å². The summed E-state index contributed by atoms with van der Waals surface area (Å²) in [6, 6.07) is 11.7. The lowest BCUT2D eigenvalue weighted by molar-refractivity contribution is -0.118. The number of carbonyl (C=O) groups is 2. The number of ether oxygens (including phenoxy) is 2. The normalized spacial score (nSPS) is 11.2. The predicted octanol–water partition coefficient (Wildman–Crippen LogP) is 2.58. The number of aryl methyl sites for hydroxylation is 1. The molecule has 2 aromatic rings. The molecule has 2 rings (SSSR count). The Labute approximate surface area is 176 Å². The van der Waals surface area contributed by atoms with Crippen LogP contribution in [-0.4, -0.2) is 51.1 Å². The van der Waals surface area contributed by atoms with Gasteiger partial charge in [0.2, 0.25) is 10.0 Å². The second-order valence-corrected chi connectivity index (χ2v) is 8.84. The SMILES string of the molecule is CCOC(=O)c1ccc(NC(=O)COc2ccc(CN(C)S(C)(=O)=O)cc2)c(C)c1. The lowest BCUT2D eigenvalue weighted by Gasteiger charge is -2.14. The maximum absolute atomic E-state index is 12.2. The Morgan fingerprint density at radius 1 is 1.10 bits per heavy atom. The number of nitrogens with zero attached hydrogens (tertiary/aromatic N) is 1. The van der Waals surface area contributed by atoms with Gasteiger partial charge in [-0.05, 0) is 55.3 Å². The molecule has 0 bridgehead atoms. The first-order chi connectivity index (χ1) is 14.1. The minimum Gasteiger partial charge on any atom is -0.484 e. The highest BCUT2D eigenvalue weighted by atomic mass is 32.2. The second kappa shape index (κ2) is 10.2. The zero-order chi connectivity index (χ0) is 22.3. The zero-order valence-corrected chi connectivity index (χ0v) is 18.3. The molecule has 0 saturated carbocycles. The van der Waals surface area contributed by atoms with E-state index >= 15 is 0 Å². The highest BCUT2D eigenvalue weighted by Gasteiger charge is 2.12. The van der Waals surface area contributed by atoms with E-state index in [2.05, 4.69) is 5.32 Å². The van der Waals surface area contributed by atoms with E-state index in [4.69, 9.17) is 9.47 Å². The van der Waals surface area contributed by atoms with Gasteiger partial charge in [0.25, 0.3) is 5.91 Å². The summed E-state index contributed by atoms with van der Waals surface area (Å²) in [5.41, 5.74) is 2.53. The summed E-state index contributed by atoms with van der Waals surface area (Å²) in [7, 11) is -1.75. The number of anilines is 1. The fraction of sp³-hybridized carbons (Fsp3) is 0.333. The summed E-state index contributed by atoms with van der Waals surface area (Å²) in [6.45, 7) is 3.87. The lowest BCUT2D eigenvalue weighted by Crippen LogP contribution is -2.24. The van der Waals surface area contributed by atoms with Crippen LogP contribution in [0.25, 0.3) is 0 Å². The smallest absolute Gasteiger partial charge is 0.338 e. The van der Waals surface area contributed by atoms with Crippen LogP contribution in [0.1, 0.15) is 28.4 Å². The molecule has 0 aliphatic carbocycles. The van der Waals surface area contributed by atoms with Crippen LogP contribution in [0.3, 0.4) is 0 Å². The number of nitrogens with one attached hydrogen (secondary N) is 1. The number of amides is 1. The van der Waals surface area contributed by atoms with Gasteiger partial charge >= 0.3 is 5.97 Å². The maximum Gasteiger partial charge on any atom is 0.338 e. The zero-order valence-electron chi connectivity index (χ0n) is 17.5. The van der Waals surface area contributed by atoms with Gasteiger partial charge in [-0.2, -0.15) is 0 Å². The lowest BCUT2D eigenvalue weighted by atomic mass is 10.1. The first-order valence-corrected chi connectivity index (χ1v) is 11.2. The van der Waals surface area contributed by atoms with Crippen LogP contribution in [0.5, 0.6) is 5.75 Å². The van der Waals surface area contributed by atoms with Gasteiger partial charge in [0.15, 0.2) is 6.61 Å². The van der Waals surface area contributed by atoms with Gasteiger partial charge in [-0.15, -0.1) is 0 Å². The number of rotatable bonds is 9. The van der Waals surface area contributed by atoms with E-state index in [1.165, 1.54) is 11.4 Å². The molecule has 0 aromatic heterocycles. The van der Waals surface area contributed by atoms with E-state index in [0.717, 1.165) is 17.4 Å². The quantitative estimate of drug-likeness (QED) is 0.609. The topological polar surface area (TPSA) is 102 Å². The van der Waals surface area contributed by atoms with Gasteiger partial charge in [0.05, 0.1) is 18.4 Å². The van der Waals surface area contributed by atoms with Crippen molar-refractivity contribution in [1.82, 2.24) is 4.31 Å². The minimum absolute atomic E-state index is 0.193. The third-order valence-electron chi connectivity index (χ3n) is 4.28. The largest absolute Gasteiger partial charge is 0.484 e. The fourth-order valence-corrected chi connectivity index (χ4v) is 2.93. The average Bonchev–Trinajstić information content (AvgIpc) is 2.68. The molecular weight excluding hydrogens is 408 g/mol. The van der Waals surface area contributed by atoms with Crippen LogP contribution in [0.4, 0.5) is 5.69 Å². The van der Waals surface area contributed by atoms with Crippen LogP contribution in [0, 0.1) is 6.92 Å². The molecule has 162 valence electrons. The van der Waals surface area contributed by atoms with E-state index < -0.39 is 16.0 Å². The number of hydrogen-bond acceptors (Lipinski definition) is 6. The maximum atomic E-state index is 12.2. The van der Waals surface area contributed by atoms with Crippen molar-refractivity contribution in [3.8, 4) is 5.75 Å². The molecule has 1 amide bonds. The number of benzene rings is 2. The fourth-order valence-electron chi connectivity index (χ4n) is 2.55. The van der Waals surface area contributed by atoms with Crippen molar-refractivity contribution in [3.63, 3.8) is 0 Å². The molecule has 8 nitrogen and oxygen atoms in total. The van der Waals surface area contributed by atoms with Crippen molar-refractivity contribution < 1.29 is 27.5 Å². The molecule has 0 heterocycles. The number of hydrogen-bond donors (Lipinski definition) is 1. The molecule has 0 spiro atoms. The van der Waals surface area contributed by atoms with Gasteiger partial charge in [-0.3, -0.25) is 4.79 Å². The monoisotopic (exact) mass is 434 g/mol. The van der Waals surface area contributed by atoms with Crippen LogP contribution in [-0.2, 0) is 26.1 Å². The van der Waals surface area contributed by atoms with Crippen molar-refractivity contribution >= 4 is 27.6 Å². The van der Waals surface area contributed by atoms with Gasteiger partial charge < -0.3 is 14.8 Å². The summed E-state index contributed by atoms with van der Waals surface area (Å²) in [5.74, 6) is -0.263. The third-order valence-corrected chi connectivity index (χ3v) is 5.54. The molecule has 9 heteroatoms. The van der Waals surface area contributed by atoms with Gasteiger partial charge in [-0.25, -0.2) is 17.5 Å². The van der Waals surface area contributed by atoms with E-state index in [1.807, 2.05) is 0 Å². The standard InChI is InChI=1S/C21H26N2O6S/c1-5-28-21(25)17-8-11-19(15(2)12-17)22-20(24)14-29-18-9-6-16(7-10-18)13-23(3)30(4,26)27/h6-12H,5,13-14H2,1-4H3,(H,22,24). The van der Waals surface area contributed by atoms with Crippen LogP contribution in [0.2, 0.25) is 0 Å². The summed E-state index contributed by atoms with van der Waals surface area (Å²) in [6.07, 6.45) is 1.15. The third kappa shape index (κ3) is 6.85. The molecule has 30 heavy (non-hydrogen) atoms. The number of sulfonamides is 1. The predicted molar refractivity (Wildman–Crippen MR) is 114 cm³/mol. The number of carbonyl (C=O) groups excluding carboxylic acids is 2. The Bertz CT molecular complexity index is 1000. The highest BCUT2D eigenvalue weighted by molar-refractivity contribution is 7.88. The highest BCUT2D eigenvalue weighted by Crippen LogP contribution is 2.18. The van der Waals surface area contributed by atoms with Gasteiger partial charge in [0.1, 0.15) is 5.75 Å². The Morgan fingerprint density at radius 2 is 1.77 bits per heavy atom. The first-order valence-electron chi connectivity index (χ1n) is 9.31. The van der Waals surface area contributed by atoms with Crippen LogP contribution in [0.15, 0.2) is 42.5 Å². The van der Waals surface area contributed by atoms with Crippen molar-refractivity contribution in [1.29, 1.82) is 0 Å². The molecular formula is C21H26N2O6S. The minimum atomic E-state index is -3.25. The Hall–Kier alpha value is -2.91. The Morgan fingerprint density at radius 3 is 2.33 bits per heavy atom. The molecule has 0 unspecified atom stereocenters. The average molecular weight is 435 g/mol. The molecule has 2 aromatic carbocycles. The van der Waals surface area contributed by atoms with E-state index in [0.29, 0.717) is 23.6 Å². The molecule has 0 fully saturated rings. The van der Waals surface area contributed by atoms with Crippen molar-refractivity contribution in [2.24, 2.45) is 0 Å². The van der Waals surface area contributed by atoms with Crippen molar-refractivity contribution in [2.45, 2.75) is 20.4 Å². The molecule has 0 saturated heterocycles. The summed E-state index contributed by atoms with van der Waals surface area (Å²) < 4.78 is 34.6. The van der Waals surface area contributed by atoms with Crippen molar-refractivity contribution in [2.75, 3.05) is 31.8 Å². The first kappa shape index (κ1) is 23.4. The molecule has 1 N–H and O–H groups in total. The van der Waals surface area contributed by atoms with Crippen LogP contribution < -0.4 is 10.1 Å². The van der Waals surface area contributed by atoms with E-state index in [9.17, 15) is 18.0 Å². The molecule has 0 radical (unpaired) electrons. The van der Waals surface area contributed by atoms with E-state index in [1.54, 1.807) is 56.3 Å². The Balaban J connectivity index is 1.89. The number of esters is 1. The molecule has 0 aliphatic heterocycles. The van der Waals surface area contributed by atoms with E-state index in [-0.39, 0.29) is 19.1 Å². The summed E-state index contributed by atoms with van der Waals surface area (Å²) in [4.78, 5) is 23.9. The molecule has 0 aliphatic rings. The second-order valence-electron chi connectivity index (χ2n) is 6.75. The summed E-state index contributed by atoms with van der Waals surface area (Å²) in [5, 5.41) is 2.74. The van der Waals surface area contributed by atoms with Gasteiger partial charge in [-0.1, -0.05) is 12.1 Å². The van der Waals surface area contributed by atoms with Crippen molar-refractivity contribution in [3.05, 3.63) is 59.2 Å². The van der Waals surface area contributed by atoms with Crippen LogP contribution >= 0.6 is 0 Å². The molecule has 0 atom stereocenters. The summed E-state index contributed by atoms with van der Waals surface area (Å²) >= 11 is 0.